The Bertz CT molecular complexity index is 659. The summed E-state index contributed by atoms with van der Waals surface area (Å²) in [6.45, 7) is 0.763. The maximum atomic E-state index is 5.69. The summed E-state index contributed by atoms with van der Waals surface area (Å²) >= 11 is 7.46. The number of thiophene rings is 1. The zero-order valence-corrected chi connectivity index (χ0v) is 11.3. The van der Waals surface area contributed by atoms with E-state index in [9.17, 15) is 0 Å². The van der Waals surface area contributed by atoms with Crippen LogP contribution in [0.25, 0.3) is 10.1 Å². The number of aromatic nitrogens is 3. The fourth-order valence-electron chi connectivity index (χ4n) is 1.96. The fourth-order valence-corrected chi connectivity index (χ4v) is 3.10. The Morgan fingerprint density at radius 2 is 2.17 bits per heavy atom. The molecule has 2 aromatic heterocycles. The first-order chi connectivity index (χ1) is 8.86. The van der Waals surface area contributed by atoms with Crippen molar-refractivity contribution in [1.29, 1.82) is 0 Å². The Hall–Kier alpha value is -1.39. The highest BCUT2D eigenvalue weighted by molar-refractivity contribution is 7.17. The summed E-state index contributed by atoms with van der Waals surface area (Å²) < 4.78 is 3.18. The zero-order valence-electron chi connectivity index (χ0n) is 9.71. The topological polar surface area (TPSA) is 30.7 Å². The second-order valence-electron chi connectivity index (χ2n) is 4.10. The van der Waals surface area contributed by atoms with Crippen LogP contribution < -0.4 is 0 Å². The van der Waals surface area contributed by atoms with Gasteiger partial charge in [0.25, 0.3) is 0 Å². The van der Waals surface area contributed by atoms with Crippen LogP contribution in [0.4, 0.5) is 0 Å². The number of benzene rings is 1. The van der Waals surface area contributed by atoms with Gasteiger partial charge in [-0.25, -0.2) is 4.68 Å². The Kier molecular flexibility index (Phi) is 3.30. The average Bonchev–Trinajstić information content (AvgIpc) is 2.99. The number of hydrogen-bond acceptors (Lipinski definition) is 3. The van der Waals surface area contributed by atoms with Gasteiger partial charge in [0.15, 0.2) is 0 Å². The summed E-state index contributed by atoms with van der Waals surface area (Å²) in [5.74, 6) is 0.583. The third-order valence-electron chi connectivity index (χ3n) is 2.83. The van der Waals surface area contributed by atoms with Crippen molar-refractivity contribution in [1.82, 2.24) is 15.0 Å². The largest absolute Gasteiger partial charge is 0.248 e. The molecule has 0 aliphatic heterocycles. The Morgan fingerprint density at radius 3 is 3.06 bits per heavy atom. The number of hydrogen-bond donors (Lipinski definition) is 0. The predicted octanol–water partition coefficient (Wildman–Crippen LogP) is 3.32. The molecule has 0 saturated carbocycles. The van der Waals surface area contributed by atoms with Gasteiger partial charge in [-0.15, -0.1) is 28.0 Å². The van der Waals surface area contributed by atoms with Gasteiger partial charge in [-0.2, -0.15) is 0 Å². The van der Waals surface area contributed by atoms with E-state index < -0.39 is 0 Å². The number of halogens is 1. The van der Waals surface area contributed by atoms with E-state index in [1.54, 1.807) is 11.3 Å². The molecule has 0 fully saturated rings. The van der Waals surface area contributed by atoms with Crippen LogP contribution >= 0.6 is 22.9 Å². The first kappa shape index (κ1) is 11.7. The highest BCUT2D eigenvalue weighted by Gasteiger charge is 2.06. The van der Waals surface area contributed by atoms with Gasteiger partial charge in [0, 0.05) is 23.2 Å². The smallest absolute Gasteiger partial charge is 0.0839 e. The van der Waals surface area contributed by atoms with E-state index in [2.05, 4.69) is 40.0 Å². The average molecular weight is 278 g/mol. The van der Waals surface area contributed by atoms with Gasteiger partial charge < -0.3 is 0 Å². The van der Waals surface area contributed by atoms with Crippen molar-refractivity contribution >= 4 is 33.0 Å². The number of aryl methyl sites for hydroxylation is 1. The number of fused-ring (bicyclic) bond motifs is 1. The van der Waals surface area contributed by atoms with Crippen LogP contribution in [0.2, 0.25) is 0 Å². The van der Waals surface area contributed by atoms with Gasteiger partial charge >= 0.3 is 0 Å². The maximum Gasteiger partial charge on any atom is 0.0839 e. The highest BCUT2D eigenvalue weighted by Crippen LogP contribution is 2.26. The van der Waals surface area contributed by atoms with Crippen molar-refractivity contribution in [3.63, 3.8) is 0 Å². The minimum Gasteiger partial charge on any atom is -0.248 e. The van der Waals surface area contributed by atoms with Crippen LogP contribution in [0.1, 0.15) is 11.3 Å². The summed E-state index contributed by atoms with van der Waals surface area (Å²) in [6, 6.07) is 8.43. The van der Waals surface area contributed by atoms with E-state index in [-0.39, 0.29) is 0 Å². The van der Waals surface area contributed by atoms with Crippen LogP contribution in [0.5, 0.6) is 0 Å². The molecule has 0 aliphatic carbocycles. The highest BCUT2D eigenvalue weighted by atomic mass is 35.5. The summed E-state index contributed by atoms with van der Waals surface area (Å²) in [4.78, 5) is 0. The second kappa shape index (κ2) is 5.08. The van der Waals surface area contributed by atoms with Crippen molar-refractivity contribution in [2.75, 3.05) is 5.88 Å². The molecule has 0 spiro atoms. The summed E-state index contributed by atoms with van der Waals surface area (Å²) in [7, 11) is 0. The van der Waals surface area contributed by atoms with Crippen molar-refractivity contribution in [3.05, 3.63) is 47.1 Å². The van der Waals surface area contributed by atoms with Crippen LogP contribution in [0.15, 0.2) is 35.8 Å². The molecule has 3 aromatic rings. The predicted molar refractivity (Wildman–Crippen MR) is 75.4 cm³/mol. The number of rotatable bonds is 4. The molecule has 0 amide bonds. The summed E-state index contributed by atoms with van der Waals surface area (Å²) in [6.07, 6.45) is 2.74. The molecular weight excluding hydrogens is 266 g/mol. The monoisotopic (exact) mass is 277 g/mol. The molecule has 0 aliphatic rings. The van der Waals surface area contributed by atoms with Crippen LogP contribution in [0.3, 0.4) is 0 Å². The first-order valence-corrected chi connectivity index (χ1v) is 7.18. The lowest BCUT2D eigenvalue weighted by Crippen LogP contribution is -1.99. The third-order valence-corrected chi connectivity index (χ3v) is 4.03. The van der Waals surface area contributed by atoms with Gasteiger partial charge in [-0.3, -0.25) is 0 Å². The van der Waals surface area contributed by atoms with Crippen LogP contribution in [-0.2, 0) is 13.0 Å². The summed E-state index contributed by atoms with van der Waals surface area (Å²) in [5.41, 5.74) is 2.24. The van der Waals surface area contributed by atoms with E-state index in [1.807, 2.05) is 10.9 Å². The SMILES string of the molecule is ClCCc1cn(Cc2csc3ccccc23)nn1. The van der Waals surface area contributed by atoms with Gasteiger partial charge in [-0.1, -0.05) is 23.4 Å². The van der Waals surface area contributed by atoms with Crippen molar-refractivity contribution < 1.29 is 0 Å². The zero-order chi connectivity index (χ0) is 12.4. The third kappa shape index (κ3) is 2.26. The lowest BCUT2D eigenvalue weighted by atomic mass is 10.2. The quantitative estimate of drug-likeness (QED) is 0.685. The standard InChI is InChI=1S/C13H12ClN3S/c14-6-5-11-8-17(16-15-11)7-10-9-18-13-4-2-1-3-12(10)13/h1-4,8-9H,5-7H2. The maximum absolute atomic E-state index is 5.69. The van der Waals surface area contributed by atoms with E-state index in [0.29, 0.717) is 5.88 Å². The van der Waals surface area contributed by atoms with Crippen molar-refractivity contribution in [3.8, 4) is 0 Å². The number of alkyl halides is 1. The molecule has 0 saturated heterocycles. The summed E-state index contributed by atoms with van der Waals surface area (Å²) in [5, 5.41) is 11.7. The molecule has 1 aromatic carbocycles. The van der Waals surface area contributed by atoms with E-state index in [1.165, 1.54) is 15.6 Å². The van der Waals surface area contributed by atoms with Gasteiger partial charge in [0.2, 0.25) is 0 Å². The molecule has 5 heteroatoms. The molecule has 18 heavy (non-hydrogen) atoms. The number of nitrogens with zero attached hydrogens (tertiary/aromatic N) is 3. The minimum atomic E-state index is 0.583. The van der Waals surface area contributed by atoms with Crippen LogP contribution in [-0.4, -0.2) is 20.9 Å². The van der Waals surface area contributed by atoms with Gasteiger partial charge in [0.1, 0.15) is 0 Å². The molecule has 2 heterocycles. The molecule has 3 nitrogen and oxygen atoms in total. The molecule has 0 bridgehead atoms. The molecule has 0 unspecified atom stereocenters. The van der Waals surface area contributed by atoms with Gasteiger partial charge in [-0.05, 0) is 22.4 Å². The fraction of sp³-hybridized carbons (Fsp3) is 0.231. The van der Waals surface area contributed by atoms with Crippen LogP contribution in [0, 0.1) is 0 Å². The molecule has 0 radical (unpaired) electrons. The Morgan fingerprint density at radius 1 is 1.28 bits per heavy atom. The van der Waals surface area contributed by atoms with Crippen molar-refractivity contribution in [2.45, 2.75) is 13.0 Å². The molecule has 92 valence electrons. The first-order valence-electron chi connectivity index (χ1n) is 5.77. The lowest BCUT2D eigenvalue weighted by molar-refractivity contribution is 0.653. The van der Waals surface area contributed by atoms with E-state index in [0.717, 1.165) is 18.7 Å². The minimum absolute atomic E-state index is 0.583. The normalized spacial score (nSPS) is 11.2. The molecule has 3 rings (SSSR count). The molecule has 0 N–H and O–H groups in total. The molecule has 0 atom stereocenters. The lowest BCUT2D eigenvalue weighted by Gasteiger charge is -1.98. The second-order valence-corrected chi connectivity index (χ2v) is 5.39. The van der Waals surface area contributed by atoms with E-state index in [4.69, 9.17) is 11.6 Å². The Labute approximate surface area is 114 Å². The van der Waals surface area contributed by atoms with Crippen molar-refractivity contribution in [2.24, 2.45) is 0 Å². The van der Waals surface area contributed by atoms with Gasteiger partial charge in [0.05, 0.1) is 12.2 Å². The van der Waals surface area contributed by atoms with E-state index >= 15 is 0 Å². The Balaban J connectivity index is 1.87. The molecular formula is C13H12ClN3S.